The molecule has 0 aliphatic carbocycles. The van der Waals surface area contributed by atoms with E-state index >= 15 is 0 Å². The van der Waals surface area contributed by atoms with Crippen molar-refractivity contribution in [2.75, 3.05) is 12.4 Å². The van der Waals surface area contributed by atoms with E-state index in [2.05, 4.69) is 10.3 Å². The Balaban J connectivity index is 2.28. The van der Waals surface area contributed by atoms with E-state index in [9.17, 15) is 10.2 Å². The van der Waals surface area contributed by atoms with Gasteiger partial charge < -0.3 is 20.3 Å². The molecular formula is C16H20N2O3. The fourth-order valence-electron chi connectivity index (χ4n) is 2.16. The number of aliphatic hydroxyl groups is 1. The van der Waals surface area contributed by atoms with E-state index in [-0.39, 0.29) is 12.4 Å². The van der Waals surface area contributed by atoms with Gasteiger partial charge in [-0.05, 0) is 31.5 Å². The van der Waals surface area contributed by atoms with Crippen LogP contribution in [0.4, 0.5) is 5.69 Å². The Morgan fingerprint density at radius 1 is 1.29 bits per heavy atom. The third-order valence-electron chi connectivity index (χ3n) is 3.41. The van der Waals surface area contributed by atoms with Gasteiger partial charge in [0.2, 0.25) is 0 Å². The van der Waals surface area contributed by atoms with Crippen LogP contribution in [0, 0.1) is 13.8 Å². The molecule has 0 unspecified atom stereocenters. The number of aromatic hydroxyl groups is 1. The van der Waals surface area contributed by atoms with Crippen LogP contribution in [0.5, 0.6) is 11.5 Å². The second-order valence-electron chi connectivity index (χ2n) is 4.91. The Morgan fingerprint density at radius 3 is 2.71 bits per heavy atom. The summed E-state index contributed by atoms with van der Waals surface area (Å²) < 4.78 is 5.31. The third-order valence-corrected chi connectivity index (χ3v) is 3.41. The molecule has 2 rings (SSSR count). The number of rotatable bonds is 5. The molecule has 1 aromatic heterocycles. The second-order valence-corrected chi connectivity index (χ2v) is 4.91. The van der Waals surface area contributed by atoms with E-state index in [1.54, 1.807) is 20.2 Å². The van der Waals surface area contributed by atoms with Crippen molar-refractivity contribution in [1.29, 1.82) is 0 Å². The summed E-state index contributed by atoms with van der Waals surface area (Å²) in [6.07, 6.45) is 1.58. The minimum atomic E-state index is -0.164. The lowest BCUT2D eigenvalue weighted by Crippen LogP contribution is -2.06. The summed E-state index contributed by atoms with van der Waals surface area (Å²) in [5.41, 5.74) is 3.75. The smallest absolute Gasteiger partial charge is 0.142 e. The minimum absolute atomic E-state index is 0.112. The Hall–Kier alpha value is -2.27. The van der Waals surface area contributed by atoms with Gasteiger partial charge in [0.05, 0.1) is 25.1 Å². The number of anilines is 1. The lowest BCUT2D eigenvalue weighted by Gasteiger charge is -2.15. The predicted molar refractivity (Wildman–Crippen MR) is 81.6 cm³/mol. The van der Waals surface area contributed by atoms with Gasteiger partial charge in [0, 0.05) is 23.9 Å². The lowest BCUT2D eigenvalue weighted by molar-refractivity contribution is 0.279. The molecule has 0 spiro atoms. The van der Waals surface area contributed by atoms with Gasteiger partial charge in [0.15, 0.2) is 0 Å². The van der Waals surface area contributed by atoms with Crippen LogP contribution >= 0.6 is 0 Å². The Bertz CT molecular complexity index is 642. The molecule has 0 aliphatic heterocycles. The van der Waals surface area contributed by atoms with E-state index in [4.69, 9.17) is 4.74 Å². The van der Waals surface area contributed by atoms with Crippen LogP contribution in [0.2, 0.25) is 0 Å². The summed E-state index contributed by atoms with van der Waals surface area (Å²) in [6.45, 7) is 3.94. The summed E-state index contributed by atoms with van der Waals surface area (Å²) >= 11 is 0. The fourth-order valence-corrected chi connectivity index (χ4v) is 2.16. The van der Waals surface area contributed by atoms with Crippen LogP contribution in [0.1, 0.15) is 22.4 Å². The van der Waals surface area contributed by atoms with Crippen molar-refractivity contribution in [2.45, 2.75) is 27.0 Å². The summed E-state index contributed by atoms with van der Waals surface area (Å²) in [5.74, 6) is 0.845. The molecule has 21 heavy (non-hydrogen) atoms. The number of benzene rings is 1. The van der Waals surface area contributed by atoms with Crippen molar-refractivity contribution in [3.63, 3.8) is 0 Å². The van der Waals surface area contributed by atoms with Crippen molar-refractivity contribution in [2.24, 2.45) is 0 Å². The third kappa shape index (κ3) is 3.25. The zero-order chi connectivity index (χ0) is 15.4. The van der Waals surface area contributed by atoms with Gasteiger partial charge in [-0.3, -0.25) is 4.98 Å². The Kier molecular flexibility index (Phi) is 4.65. The first-order valence-corrected chi connectivity index (χ1v) is 6.72. The van der Waals surface area contributed by atoms with Crippen LogP contribution in [0.25, 0.3) is 0 Å². The van der Waals surface area contributed by atoms with E-state index < -0.39 is 0 Å². The zero-order valence-corrected chi connectivity index (χ0v) is 12.5. The van der Waals surface area contributed by atoms with Crippen molar-refractivity contribution in [3.05, 3.63) is 46.8 Å². The fraction of sp³-hybridized carbons (Fsp3) is 0.312. The first kappa shape index (κ1) is 15.1. The highest BCUT2D eigenvalue weighted by molar-refractivity contribution is 5.58. The largest absolute Gasteiger partial charge is 0.506 e. The topological polar surface area (TPSA) is 74.6 Å². The summed E-state index contributed by atoms with van der Waals surface area (Å²) in [7, 11) is 1.61. The lowest BCUT2D eigenvalue weighted by atomic mass is 10.1. The molecule has 0 aliphatic rings. The Labute approximate surface area is 124 Å². The number of hydrogen-bond donors (Lipinski definition) is 3. The standard InChI is InChI=1S/C16H20N2O3/c1-10-4-5-15(21-3)14(6-10)18-8-13-12(9-19)7-17-11(2)16(13)20/h4-7,18-20H,8-9H2,1-3H3. The van der Waals surface area contributed by atoms with Gasteiger partial charge in [0.1, 0.15) is 11.5 Å². The number of aromatic nitrogens is 1. The monoisotopic (exact) mass is 288 g/mol. The average molecular weight is 288 g/mol. The molecule has 1 aromatic carbocycles. The van der Waals surface area contributed by atoms with Crippen LogP contribution < -0.4 is 10.1 Å². The minimum Gasteiger partial charge on any atom is -0.506 e. The van der Waals surface area contributed by atoms with Crippen LogP contribution in [-0.2, 0) is 13.2 Å². The van der Waals surface area contributed by atoms with E-state index in [1.165, 1.54) is 0 Å². The maximum absolute atomic E-state index is 10.1. The van der Waals surface area contributed by atoms with Gasteiger partial charge in [-0.1, -0.05) is 6.07 Å². The summed E-state index contributed by atoms with van der Waals surface area (Å²) in [6, 6.07) is 5.84. The molecule has 5 nitrogen and oxygen atoms in total. The van der Waals surface area contributed by atoms with E-state index in [0.29, 0.717) is 23.4 Å². The molecule has 0 amide bonds. The highest BCUT2D eigenvalue weighted by atomic mass is 16.5. The molecule has 112 valence electrons. The average Bonchev–Trinajstić information content (AvgIpc) is 2.49. The maximum atomic E-state index is 10.1. The number of methoxy groups -OCH3 is 1. The first-order chi connectivity index (χ1) is 10.1. The molecule has 0 radical (unpaired) electrons. The number of nitrogens with one attached hydrogen (secondary N) is 1. The van der Waals surface area contributed by atoms with Crippen molar-refractivity contribution in [1.82, 2.24) is 4.98 Å². The van der Waals surface area contributed by atoms with E-state index in [0.717, 1.165) is 17.0 Å². The molecule has 5 heteroatoms. The number of hydrogen-bond acceptors (Lipinski definition) is 5. The molecule has 0 saturated heterocycles. The molecule has 0 fully saturated rings. The SMILES string of the molecule is COc1ccc(C)cc1NCc1c(CO)cnc(C)c1O. The van der Waals surface area contributed by atoms with Gasteiger partial charge >= 0.3 is 0 Å². The molecule has 3 N–H and O–H groups in total. The molecular weight excluding hydrogens is 268 g/mol. The van der Waals surface area contributed by atoms with Gasteiger partial charge in [0.25, 0.3) is 0 Å². The van der Waals surface area contributed by atoms with Gasteiger partial charge in [-0.25, -0.2) is 0 Å². The highest BCUT2D eigenvalue weighted by Gasteiger charge is 2.12. The first-order valence-electron chi connectivity index (χ1n) is 6.72. The zero-order valence-electron chi connectivity index (χ0n) is 12.5. The number of aliphatic hydroxyl groups excluding tert-OH is 1. The van der Waals surface area contributed by atoms with Gasteiger partial charge in [-0.2, -0.15) is 0 Å². The maximum Gasteiger partial charge on any atom is 0.142 e. The quantitative estimate of drug-likeness (QED) is 0.788. The van der Waals surface area contributed by atoms with Crippen LogP contribution in [0.15, 0.2) is 24.4 Å². The van der Waals surface area contributed by atoms with Crippen molar-refractivity contribution >= 4 is 5.69 Å². The van der Waals surface area contributed by atoms with Crippen LogP contribution in [-0.4, -0.2) is 22.3 Å². The summed E-state index contributed by atoms with van der Waals surface area (Å²) in [5, 5.41) is 22.7. The van der Waals surface area contributed by atoms with E-state index in [1.807, 2.05) is 25.1 Å². The molecule has 0 bridgehead atoms. The normalized spacial score (nSPS) is 10.5. The molecule has 1 heterocycles. The number of aryl methyl sites for hydroxylation is 2. The number of nitrogens with zero attached hydrogens (tertiary/aromatic N) is 1. The number of pyridine rings is 1. The molecule has 0 atom stereocenters. The van der Waals surface area contributed by atoms with Gasteiger partial charge in [-0.15, -0.1) is 0 Å². The molecule has 2 aromatic rings. The van der Waals surface area contributed by atoms with Crippen molar-refractivity contribution < 1.29 is 14.9 Å². The number of ether oxygens (including phenoxy) is 1. The summed E-state index contributed by atoms with van der Waals surface area (Å²) in [4.78, 5) is 4.05. The highest BCUT2D eigenvalue weighted by Crippen LogP contribution is 2.29. The molecule has 0 saturated carbocycles. The second kappa shape index (κ2) is 6.45. The predicted octanol–water partition coefficient (Wildman–Crippen LogP) is 2.52. The Morgan fingerprint density at radius 2 is 2.05 bits per heavy atom. The van der Waals surface area contributed by atoms with Crippen molar-refractivity contribution in [3.8, 4) is 11.5 Å². The van der Waals surface area contributed by atoms with Crippen LogP contribution in [0.3, 0.4) is 0 Å².